The van der Waals surface area contributed by atoms with Gasteiger partial charge in [-0.15, -0.1) is 0 Å². The van der Waals surface area contributed by atoms with Crippen LogP contribution in [0.15, 0.2) is 47.1 Å². The van der Waals surface area contributed by atoms with Gasteiger partial charge in [-0.05, 0) is 49.6 Å². The molecule has 0 spiro atoms. The fraction of sp³-hybridized carbons (Fsp3) is 0.316. The van der Waals surface area contributed by atoms with Crippen molar-refractivity contribution in [2.24, 2.45) is 5.92 Å². The van der Waals surface area contributed by atoms with Crippen LogP contribution in [0.5, 0.6) is 0 Å². The van der Waals surface area contributed by atoms with Crippen LogP contribution in [0.4, 0.5) is 11.4 Å². The molecule has 1 saturated carbocycles. The molecule has 0 atom stereocenters. The summed E-state index contributed by atoms with van der Waals surface area (Å²) in [7, 11) is 0. The van der Waals surface area contributed by atoms with Gasteiger partial charge in [0.05, 0.1) is 6.26 Å². The average molecular weight is 355 g/mol. The van der Waals surface area contributed by atoms with E-state index in [0.29, 0.717) is 30.8 Å². The summed E-state index contributed by atoms with van der Waals surface area (Å²) < 4.78 is 5.04. The zero-order valence-corrected chi connectivity index (χ0v) is 14.3. The third kappa shape index (κ3) is 5.20. The lowest BCUT2D eigenvalue weighted by atomic mass is 10.2. The molecular weight excluding hydrogens is 334 g/mol. The fourth-order valence-corrected chi connectivity index (χ4v) is 2.45. The molecule has 0 radical (unpaired) electrons. The van der Waals surface area contributed by atoms with Crippen molar-refractivity contribution in [1.82, 2.24) is 5.32 Å². The monoisotopic (exact) mass is 355 g/mol. The van der Waals surface area contributed by atoms with Gasteiger partial charge in [0.15, 0.2) is 5.76 Å². The Hall–Kier alpha value is -3.09. The van der Waals surface area contributed by atoms with Crippen LogP contribution in [0.1, 0.15) is 36.2 Å². The number of nitrogens with one attached hydrogen (secondary N) is 3. The lowest BCUT2D eigenvalue weighted by molar-refractivity contribution is -0.122. The van der Waals surface area contributed by atoms with Gasteiger partial charge in [-0.25, -0.2) is 0 Å². The minimum atomic E-state index is -0.357. The number of hydrogen-bond acceptors (Lipinski definition) is 4. The van der Waals surface area contributed by atoms with Crippen molar-refractivity contribution < 1.29 is 18.8 Å². The van der Waals surface area contributed by atoms with Crippen LogP contribution in [0.3, 0.4) is 0 Å². The van der Waals surface area contributed by atoms with Crippen molar-refractivity contribution in [3.8, 4) is 0 Å². The zero-order valence-electron chi connectivity index (χ0n) is 14.3. The topological polar surface area (TPSA) is 100 Å². The van der Waals surface area contributed by atoms with Gasteiger partial charge in [0, 0.05) is 30.3 Å². The van der Waals surface area contributed by atoms with Crippen LogP contribution >= 0.6 is 0 Å². The fourth-order valence-electron chi connectivity index (χ4n) is 2.45. The van der Waals surface area contributed by atoms with Crippen molar-refractivity contribution >= 4 is 29.1 Å². The number of anilines is 2. The first kappa shape index (κ1) is 17.7. The maximum atomic E-state index is 12.0. The van der Waals surface area contributed by atoms with Crippen LogP contribution < -0.4 is 16.0 Å². The molecule has 7 heteroatoms. The van der Waals surface area contributed by atoms with Gasteiger partial charge in [-0.1, -0.05) is 6.07 Å². The summed E-state index contributed by atoms with van der Waals surface area (Å²) in [4.78, 5) is 35.5. The van der Waals surface area contributed by atoms with E-state index in [2.05, 4.69) is 16.0 Å². The first-order chi connectivity index (χ1) is 12.6. The third-order valence-corrected chi connectivity index (χ3v) is 3.98. The highest BCUT2D eigenvalue weighted by Crippen LogP contribution is 2.28. The molecule has 1 aromatic carbocycles. The Balaban J connectivity index is 1.43. The third-order valence-electron chi connectivity index (χ3n) is 3.98. The summed E-state index contributed by atoms with van der Waals surface area (Å²) in [5.74, 6) is -0.00823. The lowest BCUT2D eigenvalue weighted by Gasteiger charge is -2.08. The van der Waals surface area contributed by atoms with E-state index in [1.807, 2.05) is 0 Å². The van der Waals surface area contributed by atoms with Gasteiger partial charge in [-0.2, -0.15) is 0 Å². The summed E-state index contributed by atoms with van der Waals surface area (Å²) in [6, 6.07) is 10.1. The van der Waals surface area contributed by atoms with Crippen LogP contribution in [-0.4, -0.2) is 24.3 Å². The van der Waals surface area contributed by atoms with Gasteiger partial charge in [0.1, 0.15) is 0 Å². The Kier molecular flexibility index (Phi) is 5.68. The van der Waals surface area contributed by atoms with E-state index in [0.717, 1.165) is 12.8 Å². The van der Waals surface area contributed by atoms with E-state index in [1.165, 1.54) is 6.26 Å². The Morgan fingerprint density at radius 3 is 2.50 bits per heavy atom. The Morgan fingerprint density at radius 1 is 1.04 bits per heavy atom. The minimum Gasteiger partial charge on any atom is -0.459 e. The van der Waals surface area contributed by atoms with E-state index in [1.54, 1.807) is 36.4 Å². The number of carbonyl (C=O) groups excluding carboxylic acids is 3. The highest BCUT2D eigenvalue weighted by atomic mass is 16.3. The number of hydrogen-bond donors (Lipinski definition) is 3. The Morgan fingerprint density at radius 2 is 1.81 bits per heavy atom. The van der Waals surface area contributed by atoms with Crippen LogP contribution in [-0.2, 0) is 9.59 Å². The predicted molar refractivity (Wildman–Crippen MR) is 96.7 cm³/mol. The molecule has 3 N–H and O–H groups in total. The van der Waals surface area contributed by atoms with Gasteiger partial charge in [0.2, 0.25) is 11.8 Å². The van der Waals surface area contributed by atoms with E-state index < -0.39 is 0 Å². The van der Waals surface area contributed by atoms with Crippen molar-refractivity contribution in [3.63, 3.8) is 0 Å². The number of benzene rings is 1. The molecular formula is C19H21N3O4. The van der Waals surface area contributed by atoms with Gasteiger partial charge in [-0.3, -0.25) is 14.4 Å². The molecule has 0 aliphatic heterocycles. The number of amides is 3. The molecule has 1 aromatic heterocycles. The molecule has 7 nitrogen and oxygen atoms in total. The van der Waals surface area contributed by atoms with E-state index in [-0.39, 0.29) is 29.4 Å². The standard InChI is InChI=1S/C19H21N3O4/c23-17(7-2-10-20-18(24)13-8-9-13)21-14-4-1-5-15(12-14)22-19(25)16-6-3-11-26-16/h1,3-6,11-13H,2,7-10H2,(H,20,24)(H,21,23)(H,22,25). The Bertz CT molecular complexity index is 782. The second kappa shape index (κ2) is 8.33. The van der Waals surface area contributed by atoms with Crippen molar-refractivity contribution in [2.45, 2.75) is 25.7 Å². The molecule has 1 aliphatic carbocycles. The molecule has 0 bridgehead atoms. The molecule has 3 rings (SSSR count). The maximum Gasteiger partial charge on any atom is 0.291 e. The molecule has 3 amide bonds. The second-order valence-corrected chi connectivity index (χ2v) is 6.23. The van der Waals surface area contributed by atoms with E-state index >= 15 is 0 Å². The quantitative estimate of drug-likeness (QED) is 0.634. The van der Waals surface area contributed by atoms with Gasteiger partial charge in [0.25, 0.3) is 5.91 Å². The van der Waals surface area contributed by atoms with E-state index in [4.69, 9.17) is 4.42 Å². The summed E-state index contributed by atoms with van der Waals surface area (Å²) in [6.45, 7) is 0.502. The second-order valence-electron chi connectivity index (χ2n) is 6.23. The molecule has 1 aliphatic rings. The van der Waals surface area contributed by atoms with Crippen molar-refractivity contribution in [2.75, 3.05) is 17.2 Å². The molecule has 1 fully saturated rings. The van der Waals surface area contributed by atoms with Crippen LogP contribution in [0.2, 0.25) is 0 Å². The highest BCUT2D eigenvalue weighted by Gasteiger charge is 2.28. The minimum absolute atomic E-state index is 0.0883. The van der Waals surface area contributed by atoms with E-state index in [9.17, 15) is 14.4 Å². The Labute approximate surface area is 151 Å². The highest BCUT2D eigenvalue weighted by molar-refractivity contribution is 6.02. The molecule has 26 heavy (non-hydrogen) atoms. The first-order valence-corrected chi connectivity index (χ1v) is 8.64. The normalized spacial score (nSPS) is 13.1. The summed E-state index contributed by atoms with van der Waals surface area (Å²) in [6.07, 6.45) is 4.27. The molecule has 0 saturated heterocycles. The predicted octanol–water partition coefficient (Wildman–Crippen LogP) is 2.78. The molecule has 0 unspecified atom stereocenters. The SMILES string of the molecule is O=C(CCCNC(=O)C1CC1)Nc1cccc(NC(=O)c2ccco2)c1. The van der Waals surface area contributed by atoms with Crippen molar-refractivity contribution in [3.05, 3.63) is 48.4 Å². The number of rotatable bonds is 8. The van der Waals surface area contributed by atoms with Crippen LogP contribution in [0, 0.1) is 5.92 Å². The number of furan rings is 1. The largest absolute Gasteiger partial charge is 0.459 e. The summed E-state index contributed by atoms with van der Waals surface area (Å²) in [5.41, 5.74) is 1.15. The van der Waals surface area contributed by atoms with Crippen molar-refractivity contribution in [1.29, 1.82) is 0 Å². The molecule has 1 heterocycles. The lowest BCUT2D eigenvalue weighted by Crippen LogP contribution is -2.26. The van der Waals surface area contributed by atoms with Gasteiger partial charge >= 0.3 is 0 Å². The van der Waals surface area contributed by atoms with Crippen LogP contribution in [0.25, 0.3) is 0 Å². The molecule has 2 aromatic rings. The molecule has 136 valence electrons. The van der Waals surface area contributed by atoms with Gasteiger partial charge < -0.3 is 20.4 Å². The summed E-state index contributed by atoms with van der Waals surface area (Å²) >= 11 is 0. The summed E-state index contributed by atoms with van der Waals surface area (Å²) in [5, 5.41) is 8.33. The number of carbonyl (C=O) groups is 3. The zero-order chi connectivity index (χ0) is 18.4. The maximum absolute atomic E-state index is 12.0. The average Bonchev–Trinajstić information content (AvgIpc) is 3.33. The smallest absolute Gasteiger partial charge is 0.291 e. The first-order valence-electron chi connectivity index (χ1n) is 8.64.